The molecule has 2 aliphatic heterocycles. The zero-order valence-corrected chi connectivity index (χ0v) is 16.8. The Hall–Kier alpha value is -3.34. The lowest BCUT2D eigenvalue weighted by molar-refractivity contribution is 0.475. The average Bonchev–Trinajstić information content (AvgIpc) is 3.38. The van der Waals surface area contributed by atoms with Crippen LogP contribution in [0.2, 0.25) is 0 Å². The molecule has 0 radical (unpaired) electrons. The summed E-state index contributed by atoms with van der Waals surface area (Å²) in [6.45, 7) is 0. The first kappa shape index (κ1) is 18.7. The van der Waals surface area contributed by atoms with Gasteiger partial charge < -0.3 is 10.1 Å². The maximum absolute atomic E-state index is 13.2. The highest BCUT2D eigenvalue weighted by Gasteiger charge is 2.24. The summed E-state index contributed by atoms with van der Waals surface area (Å²) in [4.78, 5) is 21.5. The number of nitrogens with zero attached hydrogens (tertiary/aromatic N) is 2. The van der Waals surface area contributed by atoms with Gasteiger partial charge in [-0.15, -0.1) is 0 Å². The van der Waals surface area contributed by atoms with E-state index in [0.717, 1.165) is 28.9 Å². The van der Waals surface area contributed by atoms with E-state index < -0.39 is 0 Å². The summed E-state index contributed by atoms with van der Waals surface area (Å²) in [6.07, 6.45) is 8.15. The molecule has 2 N–H and O–H groups in total. The van der Waals surface area contributed by atoms with Gasteiger partial charge in [-0.2, -0.15) is 0 Å². The van der Waals surface area contributed by atoms with Gasteiger partial charge in [0.1, 0.15) is 11.4 Å². The van der Waals surface area contributed by atoms with E-state index in [4.69, 9.17) is 4.98 Å². The Morgan fingerprint density at radius 3 is 2.50 bits per heavy atom. The Morgan fingerprint density at radius 1 is 1.03 bits per heavy atom. The molecule has 0 amide bonds. The van der Waals surface area contributed by atoms with Gasteiger partial charge in [0.15, 0.2) is 5.82 Å². The molecule has 5 nitrogen and oxygen atoms in total. The van der Waals surface area contributed by atoms with Crippen molar-refractivity contribution in [1.82, 2.24) is 14.5 Å². The number of aromatic amines is 1. The summed E-state index contributed by atoms with van der Waals surface area (Å²) in [5.41, 5.74) is 4.48. The predicted molar refractivity (Wildman–Crippen MR) is 117 cm³/mol. The fraction of sp³-hybridized carbons (Fsp3) is 0.280. The second-order valence-corrected chi connectivity index (χ2v) is 8.27. The quantitative estimate of drug-likeness (QED) is 0.511. The molecule has 0 aromatic heterocycles. The molecule has 0 bridgehead atoms. The van der Waals surface area contributed by atoms with Crippen molar-refractivity contribution in [3.8, 4) is 22.8 Å². The van der Waals surface area contributed by atoms with Gasteiger partial charge in [0.05, 0.1) is 11.4 Å². The molecular weight excluding hydrogens is 374 g/mol. The summed E-state index contributed by atoms with van der Waals surface area (Å²) in [7, 11) is 0. The number of aromatic nitrogens is 3. The first-order valence-electron chi connectivity index (χ1n) is 10.6. The van der Waals surface area contributed by atoms with Gasteiger partial charge in [-0.05, 0) is 47.7 Å². The summed E-state index contributed by atoms with van der Waals surface area (Å²) in [5, 5.41) is 9.63. The van der Waals surface area contributed by atoms with Crippen molar-refractivity contribution >= 4 is 0 Å². The Balaban J connectivity index is 1.62. The second kappa shape index (κ2) is 7.82. The average molecular weight is 399 g/mol. The van der Waals surface area contributed by atoms with Crippen molar-refractivity contribution < 1.29 is 5.11 Å². The van der Waals surface area contributed by atoms with E-state index in [-0.39, 0.29) is 11.3 Å². The number of H-pyrrole nitrogens is 1. The van der Waals surface area contributed by atoms with Crippen LogP contribution in [0.1, 0.15) is 42.6 Å². The van der Waals surface area contributed by atoms with Gasteiger partial charge in [-0.3, -0.25) is 9.36 Å². The highest BCUT2D eigenvalue weighted by molar-refractivity contribution is 5.61. The van der Waals surface area contributed by atoms with Crippen LogP contribution in [-0.4, -0.2) is 19.6 Å². The van der Waals surface area contributed by atoms with Crippen LogP contribution in [0, 0.1) is 5.92 Å². The molecule has 1 fully saturated rings. The lowest BCUT2D eigenvalue weighted by Crippen LogP contribution is -2.18. The molecule has 0 spiro atoms. The van der Waals surface area contributed by atoms with E-state index in [1.165, 1.54) is 25.7 Å². The first-order chi connectivity index (χ1) is 14.7. The highest BCUT2D eigenvalue weighted by atomic mass is 16.3. The molecule has 2 aromatic rings. The molecule has 0 atom stereocenters. The zero-order chi connectivity index (χ0) is 20.5. The molecule has 0 saturated heterocycles. The SMILES string of the molecule is O=c1c(CC2CCCC2)nc2c(Cc3ccccc3)[nH]c(-c3ccc(O)cc3)cn1-2. The molecule has 3 aliphatic rings. The van der Waals surface area contributed by atoms with Gasteiger partial charge in [0.25, 0.3) is 5.56 Å². The smallest absolute Gasteiger partial charge is 0.278 e. The second-order valence-electron chi connectivity index (χ2n) is 8.27. The largest absolute Gasteiger partial charge is 0.508 e. The van der Waals surface area contributed by atoms with E-state index in [1.54, 1.807) is 16.7 Å². The molecule has 5 heteroatoms. The standard InChI is InChI=1S/C25H25N3O2/c29-20-12-10-19(11-13-20)23-16-28-24(21(26-23)14-17-6-2-1-3-7-17)27-22(25(28)30)15-18-8-4-5-9-18/h1-3,6-7,10-13,16,18,26,29H,4-5,8-9,14-15H2. The third-order valence-electron chi connectivity index (χ3n) is 6.11. The summed E-state index contributed by atoms with van der Waals surface area (Å²) >= 11 is 0. The van der Waals surface area contributed by atoms with Crippen molar-refractivity contribution in [2.75, 3.05) is 0 Å². The Bertz CT molecular complexity index is 1170. The molecule has 30 heavy (non-hydrogen) atoms. The minimum Gasteiger partial charge on any atom is -0.508 e. The summed E-state index contributed by atoms with van der Waals surface area (Å²) < 4.78 is 1.70. The number of imidazole rings is 1. The van der Waals surface area contributed by atoms with E-state index in [0.29, 0.717) is 23.9 Å². The fourth-order valence-corrected chi connectivity index (χ4v) is 4.51. The first-order valence-corrected chi connectivity index (χ1v) is 10.6. The number of benzene rings is 2. The van der Waals surface area contributed by atoms with Gasteiger partial charge in [0, 0.05) is 12.6 Å². The monoisotopic (exact) mass is 399 g/mol. The van der Waals surface area contributed by atoms with Crippen LogP contribution in [0.25, 0.3) is 17.1 Å². The van der Waals surface area contributed by atoms with Crippen LogP contribution in [0.15, 0.2) is 65.6 Å². The highest BCUT2D eigenvalue weighted by Crippen LogP contribution is 2.29. The van der Waals surface area contributed by atoms with Crippen molar-refractivity contribution in [3.05, 3.63) is 88.1 Å². The van der Waals surface area contributed by atoms with Gasteiger partial charge in [0.2, 0.25) is 0 Å². The van der Waals surface area contributed by atoms with Gasteiger partial charge in [-0.1, -0.05) is 56.0 Å². The lowest BCUT2D eigenvalue weighted by Gasteiger charge is -2.13. The van der Waals surface area contributed by atoms with Crippen LogP contribution in [0.4, 0.5) is 0 Å². The maximum Gasteiger partial charge on any atom is 0.278 e. The van der Waals surface area contributed by atoms with E-state index in [1.807, 2.05) is 36.5 Å². The number of phenols is 1. The number of fused-ring (bicyclic) bond motifs is 1. The van der Waals surface area contributed by atoms with Gasteiger partial charge >= 0.3 is 0 Å². The van der Waals surface area contributed by atoms with E-state index in [9.17, 15) is 9.90 Å². The molecule has 1 aliphatic carbocycles. The molecule has 2 heterocycles. The van der Waals surface area contributed by atoms with Crippen LogP contribution < -0.4 is 5.56 Å². The van der Waals surface area contributed by atoms with Crippen molar-refractivity contribution in [1.29, 1.82) is 0 Å². The molecule has 1 saturated carbocycles. The van der Waals surface area contributed by atoms with E-state index >= 15 is 0 Å². The van der Waals surface area contributed by atoms with Crippen molar-refractivity contribution in [3.63, 3.8) is 0 Å². The fourth-order valence-electron chi connectivity index (χ4n) is 4.51. The molecule has 0 unspecified atom stereocenters. The molecular formula is C25H25N3O2. The molecule has 2 aromatic carbocycles. The number of hydrogen-bond acceptors (Lipinski definition) is 3. The Labute approximate surface area is 175 Å². The predicted octanol–water partition coefficient (Wildman–Crippen LogP) is 4.69. The topological polar surface area (TPSA) is 70.9 Å². The van der Waals surface area contributed by atoms with Crippen LogP contribution in [0.3, 0.4) is 0 Å². The van der Waals surface area contributed by atoms with Crippen LogP contribution in [-0.2, 0) is 12.8 Å². The molecule has 5 rings (SSSR count). The van der Waals surface area contributed by atoms with Crippen LogP contribution >= 0.6 is 0 Å². The van der Waals surface area contributed by atoms with Crippen molar-refractivity contribution in [2.45, 2.75) is 38.5 Å². The minimum atomic E-state index is -0.0137. The Kier molecular flexibility index (Phi) is 4.87. The number of rotatable bonds is 5. The third kappa shape index (κ3) is 3.63. The summed E-state index contributed by atoms with van der Waals surface area (Å²) in [6, 6.07) is 17.2. The van der Waals surface area contributed by atoms with E-state index in [2.05, 4.69) is 17.1 Å². The third-order valence-corrected chi connectivity index (χ3v) is 6.11. The van der Waals surface area contributed by atoms with Gasteiger partial charge in [-0.25, -0.2) is 4.98 Å². The number of nitrogens with one attached hydrogen (secondary N) is 1. The van der Waals surface area contributed by atoms with Crippen LogP contribution in [0.5, 0.6) is 5.75 Å². The van der Waals surface area contributed by atoms with Crippen molar-refractivity contribution in [2.24, 2.45) is 5.92 Å². The zero-order valence-electron chi connectivity index (χ0n) is 16.8. The Morgan fingerprint density at radius 2 is 1.77 bits per heavy atom. The number of hydrogen-bond donors (Lipinski definition) is 2. The lowest BCUT2D eigenvalue weighted by atomic mass is 10.0. The molecule has 152 valence electrons. The number of aromatic hydroxyl groups is 1. The minimum absolute atomic E-state index is 0.0137. The summed E-state index contributed by atoms with van der Waals surface area (Å²) in [5.74, 6) is 1.50. The number of phenolic OH excluding ortho intramolecular Hbond substituents is 1. The maximum atomic E-state index is 13.2. The normalized spacial score (nSPS) is 14.5.